The van der Waals surface area contributed by atoms with Crippen molar-refractivity contribution in [2.75, 3.05) is 53.8 Å². The van der Waals surface area contributed by atoms with Gasteiger partial charge in [-0.3, -0.25) is 24.4 Å². The lowest BCUT2D eigenvalue weighted by Gasteiger charge is -2.12. The van der Waals surface area contributed by atoms with Crippen molar-refractivity contribution in [3.05, 3.63) is 184 Å². The number of nitrogens with zero attached hydrogens (tertiary/aromatic N) is 5. The number of sulfonamides is 1. The van der Waals surface area contributed by atoms with Crippen LogP contribution in [-0.2, 0) is 72.8 Å². The molecule has 0 unspecified atom stereocenters. The molecule has 84 heavy (non-hydrogen) atoms. The highest BCUT2D eigenvalue weighted by Gasteiger charge is 2.27. The van der Waals surface area contributed by atoms with E-state index in [1.165, 1.54) is 69.8 Å². The number of nitro benzene ring substituents is 1. The number of nitro groups is 1. The third-order valence-corrected chi connectivity index (χ3v) is 16.2. The summed E-state index contributed by atoms with van der Waals surface area (Å²) in [4.78, 5) is 49.0. The number of nitrogens with two attached hydrogens (primary N) is 1. The van der Waals surface area contributed by atoms with Gasteiger partial charge in [0.2, 0.25) is 33.1 Å². The van der Waals surface area contributed by atoms with E-state index in [1.54, 1.807) is 84.9 Å². The second kappa shape index (κ2) is 28.2. The quantitative estimate of drug-likeness (QED) is 0.0236. The number of ether oxygens (including phenoxy) is 5. The molecular weight excluding hydrogens is 1170 g/mol. The molecule has 0 atom stereocenters. The van der Waals surface area contributed by atoms with Gasteiger partial charge in [0.15, 0.2) is 31.2 Å². The van der Waals surface area contributed by atoms with Gasteiger partial charge in [-0.15, -0.1) is 0 Å². The molecule has 6 heterocycles. The predicted octanol–water partition coefficient (Wildman–Crippen LogP) is 8.97. The molecule has 1 fully saturated rings. The lowest BCUT2D eigenvalue weighted by Crippen LogP contribution is -2.07. The number of non-ortho nitro benzene ring substituents is 1. The Bertz CT molecular complexity index is 3960. The van der Waals surface area contributed by atoms with E-state index in [9.17, 15) is 45.0 Å². The molecule has 5 aromatic carbocycles. The van der Waals surface area contributed by atoms with Crippen LogP contribution >= 0.6 is 11.6 Å². The Morgan fingerprint density at radius 3 is 1.74 bits per heavy atom. The largest absolute Gasteiger partial charge is 0.490 e. The van der Waals surface area contributed by atoms with Crippen LogP contribution in [0.5, 0.6) is 34.8 Å². The lowest BCUT2D eigenvalue weighted by atomic mass is 10.1. The number of carbonyl (C=O) groups excluding carboxylic acids is 2. The molecule has 4 aliphatic rings. The summed E-state index contributed by atoms with van der Waals surface area (Å²) in [5.74, 6) is 1.60. The number of nitrogen functional groups attached to an aromatic ring is 1. The van der Waals surface area contributed by atoms with Gasteiger partial charge < -0.3 is 45.4 Å². The molecule has 0 spiro atoms. The van der Waals surface area contributed by atoms with Crippen molar-refractivity contribution in [3.8, 4) is 34.8 Å². The van der Waals surface area contributed by atoms with Gasteiger partial charge >= 0.3 is 0 Å². The minimum Gasteiger partial charge on any atom is -0.490 e. The van der Waals surface area contributed by atoms with E-state index in [-0.39, 0.29) is 69.3 Å². The van der Waals surface area contributed by atoms with Gasteiger partial charge in [-0.1, -0.05) is 37.4 Å². The second-order valence-corrected chi connectivity index (χ2v) is 24.4. The van der Waals surface area contributed by atoms with Crippen molar-refractivity contribution in [3.63, 3.8) is 0 Å². The van der Waals surface area contributed by atoms with Gasteiger partial charge in [0.1, 0.15) is 11.5 Å². The smallest absolute Gasteiger partial charge is 0.269 e. The van der Waals surface area contributed by atoms with Gasteiger partial charge in [-0.05, 0) is 119 Å². The first-order valence-corrected chi connectivity index (χ1v) is 30.6. The Kier molecular flexibility index (Phi) is 20.9. The summed E-state index contributed by atoms with van der Waals surface area (Å²) in [6.45, 7) is 8.81. The maximum Gasteiger partial charge on any atom is 0.269 e. The minimum absolute atomic E-state index is 0.000325. The summed E-state index contributed by atoms with van der Waals surface area (Å²) in [6.07, 6.45) is 7.77. The maximum absolute atomic E-state index is 11.7. The maximum atomic E-state index is 11.7. The Balaban J connectivity index is 0.000000167. The van der Waals surface area contributed by atoms with E-state index in [0.717, 1.165) is 24.3 Å². The fourth-order valence-corrected chi connectivity index (χ4v) is 12.6. The Labute approximate surface area is 488 Å². The minimum atomic E-state index is -3.34. The second-order valence-electron chi connectivity index (χ2n) is 18.2. The zero-order valence-corrected chi connectivity index (χ0v) is 48.1. The standard InChI is InChI=1S/C21H19N5O5S.C14H12ClN3O3.C8H7NO4S.C8H9NO2S.C4H8O/c1-3-19(27)23-14-5-4-6-16(10-14)31-20-18(30-2)11-22-21(25-20)24-15-7-8-17-13(9-15)12-32(28,29)26-17;1-3-12(19)17-9-5-4-6-10(7-9)21-13-11(20-2)8-16-14(15)18-13;10-9(11)8-2-1-6-4-14(12,13)5-7(6)3-8;9-8-2-1-6-4-12(10,11)5-7(6)3-8;1-2-4-5-3-1/h3-11,26H,1,12H2,2H3,(H,23,27)(H,22,24,25);3-8H,1H2,2H3,(H,17,19);1-3H,4-5H2;1-3H,4-5,9H2;1-4H2. The Hall–Kier alpha value is -9.22. The van der Waals surface area contributed by atoms with Crippen molar-refractivity contribution in [1.29, 1.82) is 0 Å². The van der Waals surface area contributed by atoms with Crippen molar-refractivity contribution in [2.45, 2.75) is 41.6 Å². The third-order valence-electron chi connectivity index (χ3n) is 11.8. The van der Waals surface area contributed by atoms with Crippen LogP contribution in [0.15, 0.2) is 141 Å². The number of benzene rings is 5. The number of halogens is 1. The Morgan fingerprint density at radius 2 is 1.20 bits per heavy atom. The molecule has 4 aliphatic heterocycles. The van der Waals surface area contributed by atoms with Crippen LogP contribution in [0.2, 0.25) is 5.28 Å². The first-order valence-electron chi connectivity index (χ1n) is 24.9. The van der Waals surface area contributed by atoms with Crippen molar-refractivity contribution in [2.24, 2.45) is 0 Å². The van der Waals surface area contributed by atoms with E-state index >= 15 is 0 Å². The molecule has 0 radical (unpaired) electrons. The molecule has 7 aromatic rings. The number of carbonyl (C=O) groups is 2. The molecule has 29 heteroatoms. The fourth-order valence-electron chi connectivity index (χ4n) is 7.97. The van der Waals surface area contributed by atoms with Gasteiger partial charge in [-0.2, -0.15) is 9.97 Å². The highest BCUT2D eigenvalue weighted by atomic mass is 35.5. The normalized spacial score (nSPS) is 14.7. The number of sulfone groups is 2. The van der Waals surface area contributed by atoms with Crippen LogP contribution in [0.25, 0.3) is 0 Å². The molecule has 2 amide bonds. The number of aromatic nitrogens is 4. The molecule has 11 rings (SSSR count). The zero-order chi connectivity index (χ0) is 60.6. The molecule has 440 valence electrons. The van der Waals surface area contributed by atoms with Crippen LogP contribution < -0.4 is 45.4 Å². The van der Waals surface area contributed by atoms with E-state index < -0.39 is 34.6 Å². The highest BCUT2D eigenvalue weighted by Crippen LogP contribution is 2.35. The summed E-state index contributed by atoms with van der Waals surface area (Å²) >= 11 is 5.73. The van der Waals surface area contributed by atoms with Gasteiger partial charge in [0.25, 0.3) is 17.4 Å². The summed E-state index contributed by atoms with van der Waals surface area (Å²) < 4.78 is 97.4. The molecule has 0 aliphatic carbocycles. The van der Waals surface area contributed by atoms with Crippen molar-refractivity contribution >= 4 is 93.2 Å². The summed E-state index contributed by atoms with van der Waals surface area (Å²) in [5, 5.41) is 18.8. The van der Waals surface area contributed by atoms with Crippen molar-refractivity contribution in [1.82, 2.24) is 19.9 Å². The first kappa shape index (κ1) is 62.4. The van der Waals surface area contributed by atoms with Crippen LogP contribution in [0.3, 0.4) is 0 Å². The van der Waals surface area contributed by atoms with Gasteiger partial charge in [0.05, 0.1) is 66.0 Å². The van der Waals surface area contributed by atoms with Crippen molar-refractivity contribution < 1.29 is 63.5 Å². The van der Waals surface area contributed by atoms with Crippen LogP contribution in [0.1, 0.15) is 40.7 Å². The van der Waals surface area contributed by atoms with E-state index in [0.29, 0.717) is 68.1 Å². The molecule has 0 saturated carbocycles. The molecule has 1 saturated heterocycles. The zero-order valence-electron chi connectivity index (χ0n) is 44.9. The fraction of sp³-hybridized carbons (Fsp3) is 0.200. The molecule has 2 aromatic heterocycles. The van der Waals surface area contributed by atoms with E-state index in [2.05, 4.69) is 53.8 Å². The number of rotatable bonds is 13. The highest BCUT2D eigenvalue weighted by molar-refractivity contribution is 7.92. The lowest BCUT2D eigenvalue weighted by molar-refractivity contribution is -0.384. The summed E-state index contributed by atoms with van der Waals surface area (Å²) in [5.41, 5.74) is 12.0. The molecular formula is C55H55ClN10O15S3. The monoisotopic (exact) mass is 1230 g/mol. The van der Waals surface area contributed by atoms with E-state index in [4.69, 9.17) is 41.0 Å². The number of nitrogens with one attached hydrogen (secondary N) is 4. The number of amides is 2. The number of anilines is 6. The number of fused-ring (bicyclic) bond motifs is 3. The first-order chi connectivity index (χ1) is 40.0. The molecule has 25 nitrogen and oxygen atoms in total. The Morgan fingerprint density at radius 1 is 0.667 bits per heavy atom. The van der Waals surface area contributed by atoms with Crippen LogP contribution in [-0.4, -0.2) is 89.4 Å². The average molecular weight is 1230 g/mol. The summed E-state index contributed by atoms with van der Waals surface area (Å²) in [6, 6.07) is 28.1. The van der Waals surface area contributed by atoms with Crippen LogP contribution in [0, 0.1) is 10.1 Å². The van der Waals surface area contributed by atoms with E-state index in [1.807, 2.05) is 0 Å². The average Bonchev–Trinajstić information content (AvgIpc) is 3.78. The molecule has 6 N–H and O–H groups in total. The number of methoxy groups -OCH3 is 2. The third kappa shape index (κ3) is 18.4. The van der Waals surface area contributed by atoms with Crippen LogP contribution in [0.4, 0.5) is 40.1 Å². The topological polar surface area (TPSA) is 352 Å². The predicted molar refractivity (Wildman–Crippen MR) is 315 cm³/mol. The molecule has 0 bridgehead atoms. The number of hydrogen-bond acceptors (Lipinski definition) is 21. The number of hydrogen-bond donors (Lipinski definition) is 5. The summed E-state index contributed by atoms with van der Waals surface area (Å²) in [7, 11) is -6.35. The van der Waals surface area contributed by atoms with Gasteiger partial charge in [-0.25, -0.2) is 35.2 Å². The van der Waals surface area contributed by atoms with Gasteiger partial charge in [0, 0.05) is 60.2 Å². The SMILES string of the molecule is C1CCOC1.C=CC(=O)Nc1cccc(Oc2nc(Cl)ncc2OC)c1.C=CC(=O)Nc1cccc(Oc2nc(Nc3ccc4c(c3)CS(=O)(=O)N4)ncc2OC)c1.Nc1ccc2c(c1)CS(=O)(=O)C2.O=[N+]([O-])c1ccc2c(c1)CS(=O)(=O)C2.